The highest BCUT2D eigenvalue weighted by Crippen LogP contribution is 2.31. The van der Waals surface area contributed by atoms with Crippen molar-refractivity contribution in [2.45, 2.75) is 37.3 Å². The molecule has 0 aromatic rings. The largest absolute Gasteiger partial charge is 0.400 e. The van der Waals surface area contributed by atoms with Crippen molar-refractivity contribution in [2.75, 3.05) is 6.61 Å². The Balaban J connectivity index is 3.06. The van der Waals surface area contributed by atoms with Gasteiger partial charge in [-0.2, -0.15) is 8.42 Å². The minimum Gasteiger partial charge on any atom is -0.391 e. The summed E-state index contributed by atoms with van der Waals surface area (Å²) in [4.78, 5) is 10.9. The molecule has 1 saturated heterocycles. The summed E-state index contributed by atoms with van der Waals surface area (Å²) in [6.07, 6.45) is -6.13. The van der Waals surface area contributed by atoms with Gasteiger partial charge in [-0.1, -0.05) is 0 Å². The van der Waals surface area contributed by atoms with Crippen molar-refractivity contribution in [2.24, 2.45) is 0 Å². The van der Waals surface area contributed by atoms with Gasteiger partial charge >= 0.3 is 10.4 Å². The third kappa shape index (κ3) is 3.62. The molecule has 1 rings (SSSR count). The van der Waals surface area contributed by atoms with Crippen molar-refractivity contribution in [3.8, 4) is 0 Å². The summed E-state index contributed by atoms with van der Waals surface area (Å²) in [7, 11) is -5.17. The molecule has 0 aliphatic carbocycles. The third-order valence-corrected chi connectivity index (χ3v) is 3.10. The lowest BCUT2D eigenvalue weighted by Gasteiger charge is -2.46. The first kappa shape index (κ1) is 17.2. The Morgan fingerprint density at radius 3 is 2.35 bits per heavy atom. The van der Waals surface area contributed by atoms with Crippen LogP contribution in [-0.4, -0.2) is 76.2 Å². The zero-order valence-electron chi connectivity index (χ0n) is 10.2. The highest BCUT2D eigenvalue weighted by atomic mass is 32.3. The number of aliphatic hydroxyl groups is 4. The summed E-state index contributed by atoms with van der Waals surface area (Å²) >= 11 is 0. The van der Waals surface area contributed by atoms with Crippen LogP contribution in [0.15, 0.2) is 0 Å². The molecule has 11 nitrogen and oxygen atoms in total. The van der Waals surface area contributed by atoms with Crippen molar-refractivity contribution < 1.29 is 47.1 Å². The topological polar surface area (TPSA) is 183 Å². The van der Waals surface area contributed by atoms with E-state index in [4.69, 9.17) is 9.66 Å². The summed E-state index contributed by atoms with van der Waals surface area (Å²) in [6, 6.07) is -1.49. The molecule has 5 atom stereocenters. The highest BCUT2D eigenvalue weighted by Gasteiger charge is 2.57. The van der Waals surface area contributed by atoms with E-state index in [2.05, 4.69) is 14.2 Å². The molecule has 1 aliphatic heterocycles. The van der Waals surface area contributed by atoms with E-state index in [0.717, 1.165) is 6.92 Å². The van der Waals surface area contributed by atoms with Crippen LogP contribution in [0, 0.1) is 0 Å². The van der Waals surface area contributed by atoms with Crippen molar-refractivity contribution in [1.29, 1.82) is 0 Å². The molecule has 118 valence electrons. The predicted octanol–water partition coefficient (Wildman–Crippen LogP) is -3.93. The van der Waals surface area contributed by atoms with Gasteiger partial charge in [-0.25, -0.2) is 4.18 Å². The Kier molecular flexibility index (Phi) is 5.04. The number of nitrogens with one attached hydrogen (secondary N) is 1. The van der Waals surface area contributed by atoms with E-state index < -0.39 is 53.2 Å². The molecular formula is C8H15NO10S. The fourth-order valence-electron chi connectivity index (χ4n) is 1.77. The molecule has 0 saturated carbocycles. The van der Waals surface area contributed by atoms with E-state index in [-0.39, 0.29) is 0 Å². The quantitative estimate of drug-likeness (QED) is 0.280. The summed E-state index contributed by atoms with van der Waals surface area (Å²) in [6.45, 7) is -0.247. The number of ether oxygens (including phenoxy) is 1. The number of aliphatic hydroxyl groups excluding tert-OH is 4. The number of carbonyl (C=O) groups is 1. The number of hydrogen-bond donors (Lipinski definition) is 6. The zero-order valence-corrected chi connectivity index (χ0v) is 11.0. The van der Waals surface area contributed by atoms with Crippen LogP contribution in [0.3, 0.4) is 0 Å². The molecule has 0 aromatic heterocycles. The molecule has 6 N–H and O–H groups in total. The third-order valence-electron chi connectivity index (χ3n) is 2.61. The molecule has 1 fully saturated rings. The van der Waals surface area contributed by atoms with Crippen LogP contribution in [0.25, 0.3) is 0 Å². The van der Waals surface area contributed by atoms with Gasteiger partial charge in [-0.15, -0.1) is 0 Å². The molecule has 20 heavy (non-hydrogen) atoms. The second kappa shape index (κ2) is 5.87. The van der Waals surface area contributed by atoms with Gasteiger partial charge in [0.15, 0.2) is 6.29 Å². The zero-order chi connectivity index (χ0) is 15.7. The van der Waals surface area contributed by atoms with E-state index in [9.17, 15) is 28.5 Å². The molecule has 0 spiro atoms. The average molecular weight is 317 g/mol. The highest BCUT2D eigenvalue weighted by molar-refractivity contribution is 7.80. The summed E-state index contributed by atoms with van der Waals surface area (Å²) in [5.41, 5.74) is 0. The minimum absolute atomic E-state index is 0.670. The number of rotatable bonds is 4. The minimum atomic E-state index is -5.17. The Morgan fingerprint density at radius 1 is 1.40 bits per heavy atom. The predicted molar refractivity (Wildman–Crippen MR) is 59.2 cm³/mol. The van der Waals surface area contributed by atoms with Crippen molar-refractivity contribution in [1.82, 2.24) is 5.32 Å². The fourth-order valence-corrected chi connectivity index (χ4v) is 2.32. The molecule has 0 radical (unpaired) electrons. The van der Waals surface area contributed by atoms with Crippen molar-refractivity contribution >= 4 is 16.3 Å². The number of amides is 1. The van der Waals surface area contributed by atoms with E-state index in [1.165, 1.54) is 0 Å². The normalized spacial score (nSPS) is 38.5. The number of carbonyl (C=O) groups excluding carboxylic acids is 1. The maximum absolute atomic E-state index is 10.9. The maximum atomic E-state index is 10.9. The second-order valence-electron chi connectivity index (χ2n) is 4.15. The van der Waals surface area contributed by atoms with Gasteiger partial charge in [0, 0.05) is 6.92 Å². The van der Waals surface area contributed by atoms with Crippen molar-refractivity contribution in [3.05, 3.63) is 0 Å². The SMILES string of the molecule is CC(=O)N[C@@H]1[C@@H](O)[C@H](O)[C@@](CO)(OS(=O)(=O)O)O[C@H]1O. The van der Waals surface area contributed by atoms with E-state index in [1.807, 2.05) is 0 Å². The standard InChI is InChI=1S/C8H15NO10S/c1-3(11)9-4-5(12)6(13)8(2-10,18-7(4)14)19-20(15,16)17/h4-7,10,12-14H,2H2,1H3,(H,9,11)(H,15,16,17)/t4-,5-,6+,7-,8-/m1/s1. The number of hydrogen-bond acceptors (Lipinski definition) is 9. The Labute approximate surface area is 113 Å². The molecular weight excluding hydrogens is 302 g/mol. The molecule has 1 aliphatic rings. The average Bonchev–Trinajstić information content (AvgIpc) is 2.29. The van der Waals surface area contributed by atoms with Gasteiger partial charge < -0.3 is 30.5 Å². The lowest BCUT2D eigenvalue weighted by atomic mass is 9.94. The van der Waals surface area contributed by atoms with Crippen LogP contribution >= 0.6 is 0 Å². The van der Waals surface area contributed by atoms with Gasteiger partial charge in [0.25, 0.3) is 0 Å². The molecule has 1 heterocycles. The molecule has 0 unspecified atom stereocenters. The smallest absolute Gasteiger partial charge is 0.391 e. The molecule has 0 bridgehead atoms. The fraction of sp³-hybridized carbons (Fsp3) is 0.875. The van der Waals surface area contributed by atoms with Crippen LogP contribution in [0.1, 0.15) is 6.92 Å². The van der Waals surface area contributed by atoms with Gasteiger partial charge in [0.05, 0.1) is 0 Å². The lowest BCUT2D eigenvalue weighted by Crippen LogP contribution is -2.70. The summed E-state index contributed by atoms with van der Waals surface area (Å²) < 4.78 is 38.6. The van der Waals surface area contributed by atoms with Gasteiger partial charge in [-0.05, 0) is 0 Å². The molecule has 0 aromatic carbocycles. The van der Waals surface area contributed by atoms with Crippen LogP contribution in [0.4, 0.5) is 0 Å². The van der Waals surface area contributed by atoms with Gasteiger partial charge in [0.2, 0.25) is 11.7 Å². The first-order valence-corrected chi connectivity index (χ1v) is 6.67. The Bertz CT molecular complexity index is 466. The van der Waals surface area contributed by atoms with Gasteiger partial charge in [-0.3, -0.25) is 9.35 Å². The summed E-state index contributed by atoms with van der Waals surface area (Å²) in [5.74, 6) is -3.47. The first-order valence-electron chi connectivity index (χ1n) is 5.30. The Morgan fingerprint density at radius 2 is 1.95 bits per heavy atom. The maximum Gasteiger partial charge on any atom is 0.400 e. The van der Waals surface area contributed by atoms with Gasteiger partial charge in [0.1, 0.15) is 24.9 Å². The van der Waals surface area contributed by atoms with E-state index in [1.54, 1.807) is 0 Å². The Hall–Kier alpha value is -0.860. The van der Waals surface area contributed by atoms with Crippen LogP contribution in [-0.2, 0) is 24.1 Å². The van der Waals surface area contributed by atoms with Crippen molar-refractivity contribution in [3.63, 3.8) is 0 Å². The first-order chi connectivity index (χ1) is 9.02. The van der Waals surface area contributed by atoms with Crippen LogP contribution < -0.4 is 5.32 Å². The second-order valence-corrected chi connectivity index (χ2v) is 5.17. The monoisotopic (exact) mass is 317 g/mol. The van der Waals surface area contributed by atoms with Crippen LogP contribution in [0.2, 0.25) is 0 Å². The molecule has 12 heteroatoms. The van der Waals surface area contributed by atoms with E-state index in [0.29, 0.717) is 0 Å². The molecule has 1 amide bonds. The van der Waals surface area contributed by atoms with Crippen LogP contribution in [0.5, 0.6) is 0 Å². The van der Waals surface area contributed by atoms with E-state index >= 15 is 0 Å². The summed E-state index contributed by atoms with van der Waals surface area (Å²) in [5, 5.41) is 40.2. The lowest BCUT2D eigenvalue weighted by molar-refractivity contribution is -0.362.